The van der Waals surface area contributed by atoms with Crippen molar-refractivity contribution in [2.75, 3.05) is 0 Å². The SMILES string of the molecule is [2H]C([2H])([2H])[n+]1[c-]n(-c2[c-]cccc2)cc1.[2H]C([2H])([2H])c1cnc(-c2[c-]cc(C([2H])([2H])[2H])c3c2oc2c(-c4ccc(-c5ccccc5)cc4)c(C#N)ccc23)cc1-c1c(C(C)C)cccc1C(C)C.[Ir+3]. The van der Waals surface area contributed by atoms with Crippen molar-refractivity contribution in [3.63, 3.8) is 0 Å². The van der Waals surface area contributed by atoms with Crippen LogP contribution in [0.4, 0.5) is 0 Å². The molecular formula is C54H46IrN4O+. The van der Waals surface area contributed by atoms with Gasteiger partial charge in [-0.25, -0.2) is 0 Å². The molecule has 0 aliphatic carbocycles. The molecule has 3 aromatic heterocycles. The smallest absolute Gasteiger partial charge is 0.500 e. The molecule has 60 heavy (non-hydrogen) atoms. The van der Waals surface area contributed by atoms with Gasteiger partial charge < -0.3 is 18.5 Å². The minimum absolute atomic E-state index is 0. The number of nitrogens with zero attached hydrogens (tertiary/aromatic N) is 4. The van der Waals surface area contributed by atoms with Gasteiger partial charge in [0.25, 0.3) is 0 Å². The van der Waals surface area contributed by atoms with Gasteiger partial charge in [-0.1, -0.05) is 136 Å². The minimum atomic E-state index is -2.51. The normalized spacial score (nSPS) is 13.9. The van der Waals surface area contributed by atoms with Crippen molar-refractivity contribution < 1.29 is 41.4 Å². The van der Waals surface area contributed by atoms with Crippen LogP contribution in [0.1, 0.15) is 79.7 Å². The zero-order chi connectivity index (χ0) is 48.7. The average Bonchev–Trinajstić information content (AvgIpc) is 3.98. The average molecular weight is 968 g/mol. The van der Waals surface area contributed by atoms with Crippen molar-refractivity contribution in [3.05, 3.63) is 186 Å². The van der Waals surface area contributed by atoms with Crippen molar-refractivity contribution in [2.45, 2.75) is 53.2 Å². The van der Waals surface area contributed by atoms with Crippen LogP contribution < -0.4 is 4.57 Å². The molecular weight excluding hydrogens is 913 g/mol. The molecule has 9 aromatic rings. The Balaban J connectivity index is 0.000000373. The fraction of sp³-hybridized carbons (Fsp3) is 0.167. The molecule has 0 N–H and O–H groups in total. The predicted molar refractivity (Wildman–Crippen MR) is 239 cm³/mol. The van der Waals surface area contributed by atoms with Gasteiger partial charge in [-0.3, -0.25) is 0 Å². The van der Waals surface area contributed by atoms with Crippen LogP contribution in [0.15, 0.2) is 144 Å². The van der Waals surface area contributed by atoms with E-state index >= 15 is 0 Å². The molecule has 5 nitrogen and oxygen atoms in total. The molecule has 3 heterocycles. The first kappa shape index (κ1) is 31.5. The number of para-hydroxylation sites is 1. The van der Waals surface area contributed by atoms with Crippen LogP contribution in [0.3, 0.4) is 0 Å². The molecule has 0 radical (unpaired) electrons. The molecule has 0 unspecified atom stereocenters. The third-order valence-electron chi connectivity index (χ3n) is 10.5. The Morgan fingerprint density at radius 1 is 0.767 bits per heavy atom. The summed E-state index contributed by atoms with van der Waals surface area (Å²) in [7, 11) is 0. The number of hydrogen-bond acceptors (Lipinski definition) is 3. The third kappa shape index (κ3) is 8.12. The Hall–Kier alpha value is -6.38. The molecule has 0 saturated carbocycles. The molecule has 6 aromatic carbocycles. The summed E-state index contributed by atoms with van der Waals surface area (Å²) in [5.74, 6) is 0.206. The van der Waals surface area contributed by atoms with Gasteiger partial charge in [-0.05, 0) is 75.0 Å². The molecule has 296 valence electrons. The third-order valence-corrected chi connectivity index (χ3v) is 10.5. The topological polar surface area (TPSA) is 58.6 Å². The standard InChI is InChI=1S/C44H37N2O.C10H9N2.Ir/c1-26(2)34-13-10-14-35(27(3)4)42(34)38-23-39(46-25-29(38)6)36-21-15-28(5)40-37-22-20-33(24-45)41(44(37)47-43(36)40)32-18-16-31(17-19-32)30-11-8-7-9-12-30;1-11-7-8-12(9-11)10-5-3-2-4-6-10;/h7-20,22-23,25-27H,1-6H3;2-5,7-8H,1H3;/q2*-1;+3/i5D3,6D3;1D3;. The summed E-state index contributed by atoms with van der Waals surface area (Å²) in [5, 5.41) is 11.2. The first-order valence-electron chi connectivity index (χ1n) is 23.9. The van der Waals surface area contributed by atoms with E-state index in [0.29, 0.717) is 44.3 Å². The monoisotopic (exact) mass is 968 g/mol. The Bertz CT molecular complexity index is 3290. The zero-order valence-corrected chi connectivity index (χ0v) is 35.9. The molecule has 0 spiro atoms. The number of benzene rings is 6. The van der Waals surface area contributed by atoms with Crippen LogP contribution in [0.5, 0.6) is 0 Å². The maximum atomic E-state index is 10.3. The number of aryl methyl sites for hydroxylation is 3. The molecule has 0 atom stereocenters. The minimum Gasteiger partial charge on any atom is -0.500 e. The van der Waals surface area contributed by atoms with Crippen molar-refractivity contribution >= 4 is 21.9 Å². The molecule has 0 fully saturated rings. The van der Waals surface area contributed by atoms with E-state index in [0.717, 1.165) is 43.6 Å². The number of furan rings is 1. The van der Waals surface area contributed by atoms with Crippen LogP contribution in [0, 0.1) is 43.5 Å². The Labute approximate surface area is 379 Å². The number of imidazole rings is 1. The number of pyridine rings is 1. The van der Waals surface area contributed by atoms with Gasteiger partial charge in [0.05, 0.1) is 28.3 Å². The number of nitriles is 1. The predicted octanol–water partition coefficient (Wildman–Crippen LogP) is 13.1. The molecule has 0 saturated heterocycles. The zero-order valence-electron chi connectivity index (χ0n) is 42.5. The van der Waals surface area contributed by atoms with Gasteiger partial charge >= 0.3 is 20.1 Å². The summed E-state index contributed by atoms with van der Waals surface area (Å²) < 4.78 is 81.7. The maximum absolute atomic E-state index is 10.3. The molecule has 9 rings (SSSR count). The Morgan fingerprint density at radius 3 is 2.13 bits per heavy atom. The van der Waals surface area contributed by atoms with E-state index in [-0.39, 0.29) is 48.7 Å². The van der Waals surface area contributed by atoms with E-state index in [9.17, 15) is 5.26 Å². The van der Waals surface area contributed by atoms with Gasteiger partial charge in [0.15, 0.2) is 0 Å². The number of hydrogen-bond donors (Lipinski definition) is 0. The summed E-state index contributed by atoms with van der Waals surface area (Å²) in [6.07, 6.45) is 7.21. The maximum Gasteiger partial charge on any atom is 3.00 e. The van der Waals surface area contributed by atoms with Crippen molar-refractivity contribution in [2.24, 2.45) is 6.98 Å². The number of fused-ring (bicyclic) bond motifs is 3. The molecule has 6 heteroatoms. The molecule has 0 aliphatic rings. The summed E-state index contributed by atoms with van der Waals surface area (Å²) in [4.78, 5) is 4.67. The second-order valence-corrected chi connectivity index (χ2v) is 14.9. The van der Waals surface area contributed by atoms with Gasteiger partial charge in [0, 0.05) is 37.8 Å². The summed E-state index contributed by atoms with van der Waals surface area (Å²) in [6, 6.07) is 46.3. The van der Waals surface area contributed by atoms with Crippen LogP contribution in [-0.2, 0) is 27.1 Å². The Morgan fingerprint density at radius 2 is 1.48 bits per heavy atom. The van der Waals surface area contributed by atoms with E-state index in [2.05, 4.69) is 57.2 Å². The van der Waals surface area contributed by atoms with Crippen LogP contribution in [0.2, 0.25) is 0 Å². The van der Waals surface area contributed by atoms with E-state index in [4.69, 9.17) is 16.8 Å². The largest absolute Gasteiger partial charge is 3.00 e. The molecule has 0 aliphatic heterocycles. The quantitative estimate of drug-likeness (QED) is 0.118. The Kier molecular flexibility index (Phi) is 9.38. The first-order valence-corrected chi connectivity index (χ1v) is 19.4. The van der Waals surface area contributed by atoms with E-state index in [1.54, 1.807) is 35.0 Å². The van der Waals surface area contributed by atoms with E-state index in [1.165, 1.54) is 18.5 Å². The fourth-order valence-corrected chi connectivity index (χ4v) is 7.56. The van der Waals surface area contributed by atoms with Crippen LogP contribution >= 0.6 is 0 Å². The summed E-state index contributed by atoms with van der Waals surface area (Å²) in [6.45, 7) is 1.19. The number of aromatic nitrogens is 3. The molecule has 0 bridgehead atoms. The van der Waals surface area contributed by atoms with Crippen molar-refractivity contribution in [1.29, 1.82) is 5.26 Å². The second-order valence-electron chi connectivity index (χ2n) is 14.9. The van der Waals surface area contributed by atoms with Crippen molar-refractivity contribution in [3.8, 4) is 56.4 Å². The van der Waals surface area contributed by atoms with Crippen LogP contribution in [0.25, 0.3) is 72.3 Å². The summed E-state index contributed by atoms with van der Waals surface area (Å²) in [5.41, 5.74) is 9.45. The fourth-order valence-electron chi connectivity index (χ4n) is 7.56. The van der Waals surface area contributed by atoms with E-state index in [1.807, 2.05) is 91.0 Å². The first-order chi connectivity index (χ1) is 32.3. The number of rotatable bonds is 7. The molecule has 0 amide bonds. The van der Waals surface area contributed by atoms with Gasteiger partial charge in [-0.15, -0.1) is 17.7 Å². The summed E-state index contributed by atoms with van der Waals surface area (Å²) >= 11 is 0. The van der Waals surface area contributed by atoms with E-state index < -0.39 is 20.7 Å². The second kappa shape index (κ2) is 17.9. The van der Waals surface area contributed by atoms with Gasteiger partial charge in [0.2, 0.25) is 6.33 Å². The van der Waals surface area contributed by atoms with Crippen molar-refractivity contribution in [1.82, 2.24) is 9.55 Å². The van der Waals surface area contributed by atoms with Gasteiger partial charge in [-0.2, -0.15) is 35.6 Å². The van der Waals surface area contributed by atoms with Crippen LogP contribution in [-0.4, -0.2) is 9.55 Å². The van der Waals surface area contributed by atoms with Gasteiger partial charge in [0.1, 0.15) is 5.58 Å².